The number of nitrogens with one attached hydrogen (secondary N) is 1. The highest BCUT2D eigenvalue weighted by atomic mass is 16.5. The largest absolute Gasteiger partial charge is 0.389 e. The van der Waals surface area contributed by atoms with Gasteiger partial charge in [0.15, 0.2) is 0 Å². The first-order valence-corrected chi connectivity index (χ1v) is 6.05. The molecule has 2 amide bonds. The smallest absolute Gasteiger partial charge is 0.317 e. The first-order chi connectivity index (χ1) is 7.72. The van der Waals surface area contributed by atoms with E-state index in [1.165, 1.54) is 4.90 Å². The van der Waals surface area contributed by atoms with Crippen LogP contribution in [0.3, 0.4) is 0 Å². The van der Waals surface area contributed by atoms with E-state index >= 15 is 0 Å². The number of carbonyl (C=O) groups excluding carboxylic acids is 1. The normalized spacial score (nSPS) is 11.7. The fourth-order valence-corrected chi connectivity index (χ4v) is 1.37. The van der Waals surface area contributed by atoms with Crippen LogP contribution in [0.2, 0.25) is 0 Å². The van der Waals surface area contributed by atoms with Crippen LogP contribution in [0.5, 0.6) is 0 Å². The van der Waals surface area contributed by atoms with Gasteiger partial charge >= 0.3 is 6.03 Å². The fraction of sp³-hybridized carbons (Fsp3) is 0.917. The average molecular weight is 246 g/mol. The van der Waals surface area contributed by atoms with Gasteiger partial charge < -0.3 is 20.1 Å². The number of amides is 2. The molecule has 17 heavy (non-hydrogen) atoms. The molecule has 2 N–H and O–H groups in total. The van der Waals surface area contributed by atoms with E-state index < -0.39 is 5.60 Å². The lowest BCUT2D eigenvalue weighted by Gasteiger charge is -2.25. The van der Waals surface area contributed by atoms with Crippen LogP contribution in [0.25, 0.3) is 0 Å². The van der Waals surface area contributed by atoms with Gasteiger partial charge in [0.05, 0.1) is 18.2 Å². The molecule has 0 atom stereocenters. The summed E-state index contributed by atoms with van der Waals surface area (Å²) in [6.07, 6.45) is 1.02. The van der Waals surface area contributed by atoms with Crippen LogP contribution in [0, 0.1) is 0 Å². The third-order valence-electron chi connectivity index (χ3n) is 2.02. The van der Waals surface area contributed by atoms with Gasteiger partial charge in [-0.25, -0.2) is 4.79 Å². The predicted molar refractivity (Wildman–Crippen MR) is 68.0 cm³/mol. The molecule has 0 saturated heterocycles. The summed E-state index contributed by atoms with van der Waals surface area (Å²) in [4.78, 5) is 13.1. The zero-order valence-corrected chi connectivity index (χ0v) is 11.6. The Balaban J connectivity index is 3.65. The Labute approximate surface area is 104 Å². The van der Waals surface area contributed by atoms with Gasteiger partial charge in [0, 0.05) is 20.2 Å². The fourth-order valence-electron chi connectivity index (χ4n) is 1.37. The van der Waals surface area contributed by atoms with Gasteiger partial charge in [-0.05, 0) is 34.1 Å². The van der Waals surface area contributed by atoms with Gasteiger partial charge in [0.25, 0.3) is 0 Å². The molecule has 0 aliphatic rings. The lowest BCUT2D eigenvalue weighted by atomic mass is 10.1. The number of urea groups is 1. The molecule has 5 heteroatoms. The molecule has 5 nitrogen and oxygen atoms in total. The molecule has 0 bridgehead atoms. The minimum absolute atomic E-state index is 0.170. The number of hydrogen-bond donors (Lipinski definition) is 2. The van der Waals surface area contributed by atoms with Gasteiger partial charge in [0.2, 0.25) is 0 Å². The SMILES string of the molecule is CC(C)OCCCNC(=O)N(C)CC(C)(C)O. The Morgan fingerprint density at radius 2 is 2.06 bits per heavy atom. The van der Waals surface area contributed by atoms with Crippen molar-refractivity contribution in [1.82, 2.24) is 10.2 Å². The van der Waals surface area contributed by atoms with Crippen LogP contribution in [-0.2, 0) is 4.74 Å². The number of rotatable bonds is 7. The van der Waals surface area contributed by atoms with E-state index in [2.05, 4.69) is 5.32 Å². The molecular weight excluding hydrogens is 220 g/mol. The van der Waals surface area contributed by atoms with E-state index in [9.17, 15) is 9.90 Å². The summed E-state index contributed by atoms with van der Waals surface area (Å²) in [6.45, 7) is 8.85. The lowest BCUT2D eigenvalue weighted by molar-refractivity contribution is 0.0526. The van der Waals surface area contributed by atoms with E-state index in [4.69, 9.17) is 4.74 Å². The molecule has 0 aliphatic carbocycles. The second kappa shape index (κ2) is 7.50. The molecule has 0 unspecified atom stereocenters. The summed E-state index contributed by atoms with van der Waals surface area (Å²) in [5.74, 6) is 0. The van der Waals surface area contributed by atoms with Crippen LogP contribution in [-0.4, -0.2) is 54.5 Å². The van der Waals surface area contributed by atoms with E-state index in [0.717, 1.165) is 6.42 Å². The van der Waals surface area contributed by atoms with E-state index in [0.29, 0.717) is 19.7 Å². The molecule has 0 radical (unpaired) electrons. The molecule has 102 valence electrons. The third kappa shape index (κ3) is 10.1. The molecule has 0 heterocycles. The van der Waals surface area contributed by atoms with Crippen LogP contribution >= 0.6 is 0 Å². The number of carbonyl (C=O) groups is 1. The predicted octanol–water partition coefficient (Wildman–Crippen LogP) is 1.21. The monoisotopic (exact) mass is 246 g/mol. The molecule has 0 rings (SSSR count). The van der Waals surface area contributed by atoms with Crippen molar-refractivity contribution in [2.45, 2.75) is 45.8 Å². The number of aliphatic hydroxyl groups is 1. The maximum absolute atomic E-state index is 11.6. The van der Waals surface area contributed by atoms with Crippen molar-refractivity contribution in [3.8, 4) is 0 Å². The molecule has 0 aromatic heterocycles. The third-order valence-corrected chi connectivity index (χ3v) is 2.02. The first-order valence-electron chi connectivity index (χ1n) is 6.05. The first kappa shape index (κ1) is 16.2. The number of ether oxygens (including phenoxy) is 1. The van der Waals surface area contributed by atoms with Crippen LogP contribution in [0.4, 0.5) is 4.79 Å². The summed E-state index contributed by atoms with van der Waals surface area (Å²) >= 11 is 0. The quantitative estimate of drug-likeness (QED) is 0.664. The maximum atomic E-state index is 11.6. The zero-order chi connectivity index (χ0) is 13.5. The zero-order valence-electron chi connectivity index (χ0n) is 11.6. The molecular formula is C12H26N2O3. The highest BCUT2D eigenvalue weighted by molar-refractivity contribution is 5.73. The van der Waals surface area contributed by atoms with Crippen LogP contribution < -0.4 is 5.32 Å². The Bertz CT molecular complexity index is 224. The lowest BCUT2D eigenvalue weighted by Crippen LogP contribution is -2.44. The van der Waals surface area contributed by atoms with E-state index in [1.54, 1.807) is 20.9 Å². The Morgan fingerprint density at radius 1 is 1.47 bits per heavy atom. The standard InChI is InChI=1S/C12H26N2O3/c1-10(2)17-8-6-7-13-11(15)14(5)9-12(3,4)16/h10,16H,6-9H2,1-5H3,(H,13,15). The summed E-state index contributed by atoms with van der Waals surface area (Å²) in [5, 5.41) is 12.3. The Morgan fingerprint density at radius 3 is 2.53 bits per heavy atom. The second-order valence-corrected chi connectivity index (χ2v) is 5.17. The van der Waals surface area contributed by atoms with Crippen LogP contribution in [0.1, 0.15) is 34.1 Å². The van der Waals surface area contributed by atoms with Crippen molar-refractivity contribution in [1.29, 1.82) is 0 Å². The minimum Gasteiger partial charge on any atom is -0.389 e. The van der Waals surface area contributed by atoms with E-state index in [1.807, 2.05) is 13.8 Å². The summed E-state index contributed by atoms with van der Waals surface area (Å²) in [7, 11) is 1.66. The molecule has 0 fully saturated rings. The summed E-state index contributed by atoms with van der Waals surface area (Å²) in [5.41, 5.74) is -0.868. The molecule has 0 saturated carbocycles. The minimum atomic E-state index is -0.868. The number of hydrogen-bond acceptors (Lipinski definition) is 3. The van der Waals surface area contributed by atoms with Gasteiger partial charge in [-0.1, -0.05) is 0 Å². The summed E-state index contributed by atoms with van der Waals surface area (Å²) < 4.78 is 5.36. The molecule has 0 aliphatic heterocycles. The van der Waals surface area contributed by atoms with Gasteiger partial charge in [-0.15, -0.1) is 0 Å². The van der Waals surface area contributed by atoms with Crippen molar-refractivity contribution in [2.75, 3.05) is 26.7 Å². The Kier molecular flexibility index (Phi) is 7.15. The number of likely N-dealkylation sites (N-methyl/N-ethyl adjacent to an activating group) is 1. The Hall–Kier alpha value is -0.810. The average Bonchev–Trinajstić information content (AvgIpc) is 2.13. The van der Waals surface area contributed by atoms with Crippen molar-refractivity contribution in [3.63, 3.8) is 0 Å². The summed E-state index contributed by atoms with van der Waals surface area (Å²) in [6, 6.07) is -0.170. The second-order valence-electron chi connectivity index (χ2n) is 5.17. The van der Waals surface area contributed by atoms with Crippen molar-refractivity contribution in [3.05, 3.63) is 0 Å². The molecule has 0 aromatic carbocycles. The van der Waals surface area contributed by atoms with Crippen molar-refractivity contribution >= 4 is 6.03 Å². The van der Waals surface area contributed by atoms with Gasteiger partial charge in [0.1, 0.15) is 0 Å². The van der Waals surface area contributed by atoms with E-state index in [-0.39, 0.29) is 12.1 Å². The highest BCUT2D eigenvalue weighted by Crippen LogP contribution is 2.02. The van der Waals surface area contributed by atoms with Crippen LogP contribution in [0.15, 0.2) is 0 Å². The topological polar surface area (TPSA) is 61.8 Å². The van der Waals surface area contributed by atoms with Crippen molar-refractivity contribution < 1.29 is 14.6 Å². The van der Waals surface area contributed by atoms with Gasteiger partial charge in [-0.2, -0.15) is 0 Å². The maximum Gasteiger partial charge on any atom is 0.317 e. The molecule has 0 spiro atoms. The van der Waals surface area contributed by atoms with Crippen molar-refractivity contribution in [2.24, 2.45) is 0 Å². The van der Waals surface area contributed by atoms with Gasteiger partial charge in [-0.3, -0.25) is 0 Å². The number of nitrogens with zero attached hydrogens (tertiary/aromatic N) is 1. The molecule has 0 aromatic rings. The highest BCUT2D eigenvalue weighted by Gasteiger charge is 2.18.